The first-order valence-electron chi connectivity index (χ1n) is 5.52. The molecule has 0 aliphatic rings. The van der Waals surface area contributed by atoms with Crippen LogP contribution in [0.15, 0.2) is 54.8 Å². The van der Waals surface area contributed by atoms with Crippen LogP contribution in [0.3, 0.4) is 0 Å². The fourth-order valence-electron chi connectivity index (χ4n) is 1.65. The second kappa shape index (κ2) is 5.44. The Morgan fingerprint density at radius 2 is 1.26 bits per heavy atom. The van der Waals surface area contributed by atoms with Crippen molar-refractivity contribution in [3.05, 3.63) is 77.6 Å². The summed E-state index contributed by atoms with van der Waals surface area (Å²) in [5, 5.41) is 9.18. The molecule has 1 N–H and O–H groups in total. The normalized spacial score (nSPS) is 11.4. The van der Waals surface area contributed by atoms with Gasteiger partial charge in [-0.3, -0.25) is 4.79 Å². The number of allylic oxidation sites excluding steroid dienone is 1. The molecule has 0 spiro atoms. The van der Waals surface area contributed by atoms with Gasteiger partial charge in [0.1, 0.15) is 11.6 Å². The Morgan fingerprint density at radius 1 is 0.842 bits per heavy atom. The van der Waals surface area contributed by atoms with E-state index in [0.717, 1.165) is 12.1 Å². The highest BCUT2D eigenvalue weighted by atomic mass is 19.1. The number of benzene rings is 2. The van der Waals surface area contributed by atoms with Crippen molar-refractivity contribution in [1.82, 2.24) is 0 Å². The van der Waals surface area contributed by atoms with E-state index in [2.05, 4.69) is 0 Å². The van der Waals surface area contributed by atoms with Crippen LogP contribution in [-0.2, 0) is 0 Å². The summed E-state index contributed by atoms with van der Waals surface area (Å²) in [7, 11) is 0. The number of ketones is 1. The van der Waals surface area contributed by atoms with Crippen molar-refractivity contribution < 1.29 is 18.7 Å². The Labute approximate surface area is 108 Å². The molecule has 0 radical (unpaired) electrons. The van der Waals surface area contributed by atoms with Gasteiger partial charge in [-0.25, -0.2) is 8.78 Å². The summed E-state index contributed by atoms with van der Waals surface area (Å²) in [6.07, 6.45) is 0.666. The van der Waals surface area contributed by atoms with Crippen LogP contribution in [0.1, 0.15) is 15.9 Å². The molecule has 0 amide bonds. The van der Waals surface area contributed by atoms with Crippen molar-refractivity contribution in [2.45, 2.75) is 0 Å². The van der Waals surface area contributed by atoms with Gasteiger partial charge in [-0.05, 0) is 42.0 Å². The molecular formula is C15H10F2O2. The van der Waals surface area contributed by atoms with E-state index in [1.807, 2.05) is 0 Å². The molecule has 2 aromatic rings. The molecule has 4 heteroatoms. The van der Waals surface area contributed by atoms with Gasteiger partial charge < -0.3 is 5.11 Å². The minimum absolute atomic E-state index is 0.0200. The molecular weight excluding hydrogens is 250 g/mol. The SMILES string of the molecule is O=C(/C(=C/O)c1ccc(F)cc1)c1ccc(F)cc1. The van der Waals surface area contributed by atoms with E-state index in [4.69, 9.17) is 0 Å². The summed E-state index contributed by atoms with van der Waals surface area (Å²) in [6, 6.07) is 10.1. The molecule has 0 bridgehead atoms. The lowest BCUT2D eigenvalue weighted by Gasteiger charge is -2.05. The van der Waals surface area contributed by atoms with E-state index < -0.39 is 17.4 Å². The van der Waals surface area contributed by atoms with Crippen molar-refractivity contribution >= 4 is 11.4 Å². The molecule has 19 heavy (non-hydrogen) atoms. The number of aliphatic hydroxyl groups excluding tert-OH is 1. The largest absolute Gasteiger partial charge is 0.515 e. The third-order valence-electron chi connectivity index (χ3n) is 2.64. The molecule has 0 fully saturated rings. The van der Waals surface area contributed by atoms with Gasteiger partial charge in [0.2, 0.25) is 0 Å². The summed E-state index contributed by atoms with van der Waals surface area (Å²) < 4.78 is 25.6. The Balaban J connectivity index is 2.35. The van der Waals surface area contributed by atoms with Gasteiger partial charge in [-0.2, -0.15) is 0 Å². The number of aliphatic hydroxyl groups is 1. The fourth-order valence-corrected chi connectivity index (χ4v) is 1.65. The molecule has 2 rings (SSSR count). The Morgan fingerprint density at radius 3 is 1.68 bits per heavy atom. The highest BCUT2D eigenvalue weighted by Gasteiger charge is 2.14. The van der Waals surface area contributed by atoms with E-state index in [9.17, 15) is 18.7 Å². The second-order valence-corrected chi connectivity index (χ2v) is 3.89. The summed E-state index contributed by atoms with van der Waals surface area (Å²) in [5.74, 6) is -1.35. The average molecular weight is 260 g/mol. The molecule has 0 heterocycles. The van der Waals surface area contributed by atoms with Crippen molar-refractivity contribution in [3.8, 4) is 0 Å². The van der Waals surface area contributed by atoms with Gasteiger partial charge in [0, 0.05) is 5.56 Å². The highest BCUT2D eigenvalue weighted by molar-refractivity contribution is 6.28. The van der Waals surface area contributed by atoms with Gasteiger partial charge in [0.15, 0.2) is 5.78 Å². The maximum Gasteiger partial charge on any atom is 0.196 e. The molecule has 0 saturated heterocycles. The van der Waals surface area contributed by atoms with Gasteiger partial charge >= 0.3 is 0 Å². The summed E-state index contributed by atoms with van der Waals surface area (Å²) >= 11 is 0. The monoisotopic (exact) mass is 260 g/mol. The minimum atomic E-state index is -0.464. The van der Waals surface area contributed by atoms with Crippen molar-refractivity contribution in [1.29, 1.82) is 0 Å². The first-order valence-corrected chi connectivity index (χ1v) is 5.52. The third kappa shape index (κ3) is 2.85. The van der Waals surface area contributed by atoms with Gasteiger partial charge in [-0.15, -0.1) is 0 Å². The van der Waals surface area contributed by atoms with Crippen LogP contribution in [0.5, 0.6) is 0 Å². The number of carbonyl (C=O) groups excluding carboxylic acids is 1. The van der Waals surface area contributed by atoms with Crippen LogP contribution < -0.4 is 0 Å². The zero-order valence-electron chi connectivity index (χ0n) is 9.81. The molecule has 2 nitrogen and oxygen atoms in total. The van der Waals surface area contributed by atoms with Crippen LogP contribution in [0.2, 0.25) is 0 Å². The van der Waals surface area contributed by atoms with Crippen LogP contribution in [0, 0.1) is 11.6 Å². The number of hydrogen-bond donors (Lipinski definition) is 1. The van der Waals surface area contributed by atoms with E-state index in [1.165, 1.54) is 36.4 Å². The molecule has 0 aromatic heterocycles. The summed E-state index contributed by atoms with van der Waals surface area (Å²) in [6.45, 7) is 0. The predicted molar refractivity (Wildman–Crippen MR) is 67.7 cm³/mol. The van der Waals surface area contributed by atoms with Crippen LogP contribution in [-0.4, -0.2) is 10.9 Å². The minimum Gasteiger partial charge on any atom is -0.515 e. The first kappa shape index (κ1) is 13.0. The van der Waals surface area contributed by atoms with Crippen molar-refractivity contribution in [2.24, 2.45) is 0 Å². The van der Waals surface area contributed by atoms with Gasteiger partial charge in [-0.1, -0.05) is 12.1 Å². The van der Waals surface area contributed by atoms with Gasteiger partial charge in [0.05, 0.1) is 11.8 Å². The van der Waals surface area contributed by atoms with E-state index in [1.54, 1.807) is 0 Å². The van der Waals surface area contributed by atoms with Crippen molar-refractivity contribution in [2.75, 3.05) is 0 Å². The maximum absolute atomic E-state index is 12.8. The average Bonchev–Trinajstić information content (AvgIpc) is 2.42. The number of hydrogen-bond acceptors (Lipinski definition) is 2. The summed E-state index contributed by atoms with van der Waals surface area (Å²) in [5.41, 5.74) is 0.649. The standard InChI is InChI=1S/C15H10F2O2/c16-12-5-1-10(2-6-12)14(9-18)15(19)11-3-7-13(17)8-4-11/h1-9,18H/b14-9+. The Kier molecular flexibility index (Phi) is 3.71. The molecule has 0 atom stereocenters. The first-order chi connectivity index (χ1) is 9.11. The number of halogens is 2. The zero-order valence-corrected chi connectivity index (χ0v) is 9.81. The lowest BCUT2D eigenvalue weighted by Crippen LogP contribution is -2.03. The second-order valence-electron chi connectivity index (χ2n) is 3.89. The van der Waals surface area contributed by atoms with E-state index >= 15 is 0 Å². The Bertz CT molecular complexity index is 614. The van der Waals surface area contributed by atoms with Crippen molar-refractivity contribution in [3.63, 3.8) is 0 Å². The zero-order chi connectivity index (χ0) is 13.8. The van der Waals surface area contributed by atoms with Crippen LogP contribution in [0.25, 0.3) is 5.57 Å². The maximum atomic E-state index is 12.8. The van der Waals surface area contributed by atoms with Crippen LogP contribution >= 0.6 is 0 Å². The topological polar surface area (TPSA) is 37.3 Å². The number of carbonyl (C=O) groups is 1. The molecule has 2 aromatic carbocycles. The molecule has 0 saturated carbocycles. The fraction of sp³-hybridized carbons (Fsp3) is 0. The molecule has 0 unspecified atom stereocenters. The number of Topliss-reactive ketones (excluding diaryl/α,β-unsaturated/α-hetero) is 1. The summed E-state index contributed by atoms with van der Waals surface area (Å²) in [4.78, 5) is 12.1. The predicted octanol–water partition coefficient (Wildman–Crippen LogP) is 3.75. The lowest BCUT2D eigenvalue weighted by molar-refractivity contribution is 0.105. The third-order valence-corrected chi connectivity index (χ3v) is 2.64. The van der Waals surface area contributed by atoms with Gasteiger partial charge in [0.25, 0.3) is 0 Å². The van der Waals surface area contributed by atoms with Crippen LogP contribution in [0.4, 0.5) is 8.78 Å². The lowest BCUT2D eigenvalue weighted by atomic mass is 9.98. The highest BCUT2D eigenvalue weighted by Crippen LogP contribution is 2.20. The molecule has 96 valence electrons. The smallest absolute Gasteiger partial charge is 0.196 e. The Hall–Kier alpha value is -2.49. The van der Waals surface area contributed by atoms with E-state index in [0.29, 0.717) is 11.8 Å². The quantitative estimate of drug-likeness (QED) is 0.518. The number of rotatable bonds is 3. The van der Waals surface area contributed by atoms with E-state index in [-0.39, 0.29) is 11.1 Å². The molecule has 0 aliphatic heterocycles. The molecule has 0 aliphatic carbocycles.